The van der Waals surface area contributed by atoms with Crippen LogP contribution in [-0.2, 0) is 0 Å². The molecule has 0 fully saturated rings. The molecule has 5 nitrogen and oxygen atoms in total. The molecule has 8 aromatic carbocycles. The molecule has 5 heteroatoms. The molecule has 0 amide bonds. The van der Waals surface area contributed by atoms with Gasteiger partial charge in [-0.15, -0.1) is 0 Å². The summed E-state index contributed by atoms with van der Waals surface area (Å²) in [4.78, 5) is 14.4. The summed E-state index contributed by atoms with van der Waals surface area (Å²) in [6.45, 7) is 0. The molecule has 0 aliphatic carbocycles. The first kappa shape index (κ1) is 27.5. The van der Waals surface area contributed by atoms with Crippen molar-refractivity contribution in [1.82, 2.24) is 9.97 Å². The van der Waals surface area contributed by atoms with Crippen LogP contribution < -0.4 is 9.80 Å². The second-order valence-electron chi connectivity index (χ2n) is 11.8. The van der Waals surface area contributed by atoms with Gasteiger partial charge in [-0.3, -0.25) is 9.88 Å². The largest absolute Gasteiger partial charge is 0.310 e. The van der Waals surface area contributed by atoms with E-state index in [-0.39, 0.29) is 0 Å². The number of para-hydroxylation sites is 4. The predicted molar refractivity (Wildman–Crippen MR) is 197 cm³/mol. The van der Waals surface area contributed by atoms with Crippen molar-refractivity contribution in [3.63, 3.8) is 0 Å². The first-order chi connectivity index (χ1) is 23.8. The predicted octanol–water partition coefficient (Wildman–Crippen LogP) is 11.3. The molecule has 1 heterocycles. The van der Waals surface area contributed by atoms with Crippen molar-refractivity contribution >= 4 is 77.6 Å². The van der Waals surface area contributed by atoms with Gasteiger partial charge in [-0.25, -0.2) is 4.98 Å². The number of benzene rings is 8. The van der Waals surface area contributed by atoms with Gasteiger partial charge in [0.15, 0.2) is 5.82 Å². The zero-order chi connectivity index (χ0) is 32.0. The Hall–Kier alpha value is -6.77. The lowest BCUT2D eigenvalue weighted by molar-refractivity contribution is 1.18. The summed E-state index contributed by atoms with van der Waals surface area (Å²) >= 11 is 0. The number of nitriles is 1. The maximum absolute atomic E-state index is 9.48. The molecular weight excluding hydrogens is 587 g/mol. The van der Waals surface area contributed by atoms with Crippen LogP contribution in [-0.4, -0.2) is 9.97 Å². The third-order valence-electron chi connectivity index (χ3n) is 9.05. The lowest BCUT2D eigenvalue weighted by atomic mass is 9.92. The summed E-state index contributed by atoms with van der Waals surface area (Å²) in [6, 6.07) is 56.5. The second-order valence-corrected chi connectivity index (χ2v) is 11.8. The van der Waals surface area contributed by atoms with Gasteiger partial charge in [0.25, 0.3) is 0 Å². The Morgan fingerprint density at radius 2 is 0.958 bits per heavy atom. The molecular formula is C43H27N5. The van der Waals surface area contributed by atoms with Crippen LogP contribution in [0.4, 0.5) is 34.3 Å². The third-order valence-corrected chi connectivity index (χ3v) is 9.05. The molecule has 0 saturated carbocycles. The van der Waals surface area contributed by atoms with Crippen molar-refractivity contribution in [1.29, 1.82) is 5.26 Å². The van der Waals surface area contributed by atoms with E-state index in [2.05, 4.69) is 113 Å². The van der Waals surface area contributed by atoms with Gasteiger partial charge in [-0.05, 0) is 94.3 Å². The molecule has 9 rings (SSSR count). The quantitative estimate of drug-likeness (QED) is 0.175. The highest BCUT2D eigenvalue weighted by Crippen LogP contribution is 2.47. The van der Waals surface area contributed by atoms with Crippen molar-refractivity contribution in [3.8, 4) is 6.07 Å². The molecule has 0 spiro atoms. The van der Waals surface area contributed by atoms with E-state index in [4.69, 9.17) is 9.97 Å². The number of nitrogens with zero attached hydrogens (tertiary/aromatic N) is 5. The highest BCUT2D eigenvalue weighted by Gasteiger charge is 2.22. The Balaban J connectivity index is 1.30. The minimum Gasteiger partial charge on any atom is -0.310 e. The first-order valence-electron chi connectivity index (χ1n) is 15.9. The van der Waals surface area contributed by atoms with Crippen LogP contribution in [0.15, 0.2) is 164 Å². The third kappa shape index (κ3) is 4.47. The number of aromatic nitrogens is 2. The Morgan fingerprint density at radius 1 is 0.458 bits per heavy atom. The van der Waals surface area contributed by atoms with Gasteiger partial charge in [-0.1, -0.05) is 84.9 Å². The fourth-order valence-corrected chi connectivity index (χ4v) is 6.88. The summed E-state index contributed by atoms with van der Waals surface area (Å²) < 4.78 is 0. The zero-order valence-electron chi connectivity index (χ0n) is 25.8. The lowest BCUT2D eigenvalue weighted by Gasteiger charge is -2.29. The average molecular weight is 614 g/mol. The molecule has 0 radical (unpaired) electrons. The van der Waals surface area contributed by atoms with E-state index in [1.165, 1.54) is 21.5 Å². The maximum atomic E-state index is 9.48. The number of hydrogen-bond acceptors (Lipinski definition) is 5. The summed E-state index contributed by atoms with van der Waals surface area (Å²) in [6.07, 6.45) is 1.86. The van der Waals surface area contributed by atoms with Gasteiger partial charge in [-0.2, -0.15) is 5.26 Å². The molecule has 0 N–H and O–H groups in total. The molecule has 224 valence electrons. The minimum absolute atomic E-state index is 0.633. The molecule has 1 aromatic heterocycles. The molecule has 0 unspecified atom stereocenters. The normalized spacial score (nSPS) is 11.3. The lowest BCUT2D eigenvalue weighted by Crippen LogP contribution is -2.13. The first-order valence-corrected chi connectivity index (χ1v) is 15.9. The molecule has 0 aliphatic heterocycles. The molecule has 0 aliphatic rings. The SMILES string of the molecule is N#Cc1ccc(N(c2ccccc2)c2ccc3ccc4c(N(c5ccccc5)c5cnc6ccccc6n5)ccc5ccc2c3c54)cc1. The monoisotopic (exact) mass is 613 g/mol. The van der Waals surface area contributed by atoms with Crippen molar-refractivity contribution in [2.45, 2.75) is 0 Å². The van der Waals surface area contributed by atoms with Gasteiger partial charge in [0, 0.05) is 27.8 Å². The van der Waals surface area contributed by atoms with Crippen molar-refractivity contribution in [3.05, 3.63) is 169 Å². The van der Waals surface area contributed by atoms with Gasteiger partial charge >= 0.3 is 0 Å². The Labute approximate surface area is 277 Å². The Bertz CT molecular complexity index is 2630. The summed E-state index contributed by atoms with van der Waals surface area (Å²) in [5.74, 6) is 0.756. The molecule has 0 saturated heterocycles. The summed E-state index contributed by atoms with van der Waals surface area (Å²) in [7, 11) is 0. The second kappa shape index (κ2) is 11.2. The number of rotatable bonds is 6. The van der Waals surface area contributed by atoms with Crippen molar-refractivity contribution in [2.24, 2.45) is 0 Å². The van der Waals surface area contributed by atoms with E-state index in [0.717, 1.165) is 56.1 Å². The Kier molecular flexibility index (Phi) is 6.45. The van der Waals surface area contributed by atoms with E-state index in [1.807, 2.05) is 66.9 Å². The van der Waals surface area contributed by atoms with E-state index in [9.17, 15) is 5.26 Å². The van der Waals surface area contributed by atoms with Gasteiger partial charge in [0.2, 0.25) is 0 Å². The van der Waals surface area contributed by atoms with Crippen LogP contribution in [0.3, 0.4) is 0 Å². The molecule has 0 bridgehead atoms. The topological polar surface area (TPSA) is 56.1 Å². The highest BCUT2D eigenvalue weighted by atomic mass is 15.2. The van der Waals surface area contributed by atoms with Crippen LogP contribution in [0.25, 0.3) is 43.4 Å². The van der Waals surface area contributed by atoms with Crippen LogP contribution in [0.1, 0.15) is 5.56 Å². The van der Waals surface area contributed by atoms with Crippen molar-refractivity contribution in [2.75, 3.05) is 9.80 Å². The van der Waals surface area contributed by atoms with E-state index in [0.29, 0.717) is 5.56 Å². The standard InChI is InChI=1S/C43H27N5/c44-27-29-15-21-34(22-16-29)47(32-9-3-1-4-10-32)39-25-19-30-18-24-36-40(26-20-31-17-23-35(39)42(30)43(31)36)48(33-11-5-2-6-12-33)41-28-45-37-13-7-8-14-38(37)46-41/h1-26,28H. The summed E-state index contributed by atoms with van der Waals surface area (Å²) in [5.41, 5.74) is 7.49. The number of fused-ring (bicyclic) bond motifs is 1. The maximum Gasteiger partial charge on any atom is 0.156 e. The van der Waals surface area contributed by atoms with Gasteiger partial charge in [0.05, 0.1) is 40.2 Å². The zero-order valence-corrected chi connectivity index (χ0v) is 25.8. The van der Waals surface area contributed by atoms with Crippen LogP contribution in [0, 0.1) is 11.3 Å². The molecule has 9 aromatic rings. The average Bonchev–Trinajstić information content (AvgIpc) is 3.16. The number of hydrogen-bond donors (Lipinski definition) is 0. The van der Waals surface area contributed by atoms with Crippen molar-refractivity contribution < 1.29 is 0 Å². The highest BCUT2D eigenvalue weighted by molar-refractivity contribution is 6.28. The van der Waals surface area contributed by atoms with E-state index < -0.39 is 0 Å². The fraction of sp³-hybridized carbons (Fsp3) is 0. The summed E-state index contributed by atoms with van der Waals surface area (Å²) in [5, 5.41) is 16.5. The van der Waals surface area contributed by atoms with Gasteiger partial charge < -0.3 is 4.90 Å². The smallest absolute Gasteiger partial charge is 0.156 e. The Morgan fingerprint density at radius 3 is 1.56 bits per heavy atom. The van der Waals surface area contributed by atoms with Crippen LogP contribution >= 0.6 is 0 Å². The van der Waals surface area contributed by atoms with E-state index in [1.54, 1.807) is 0 Å². The van der Waals surface area contributed by atoms with E-state index >= 15 is 0 Å². The van der Waals surface area contributed by atoms with Crippen LogP contribution in [0.5, 0.6) is 0 Å². The van der Waals surface area contributed by atoms with Crippen LogP contribution in [0.2, 0.25) is 0 Å². The molecule has 0 atom stereocenters. The fourth-order valence-electron chi connectivity index (χ4n) is 6.88. The molecule has 48 heavy (non-hydrogen) atoms. The number of anilines is 6. The minimum atomic E-state index is 0.633. The van der Waals surface area contributed by atoms with Gasteiger partial charge in [0.1, 0.15) is 0 Å².